The maximum atomic E-state index is 12.5. The molecule has 0 spiro atoms. The molecule has 0 aromatic heterocycles. The highest BCUT2D eigenvalue weighted by Gasteiger charge is 2.34. The van der Waals surface area contributed by atoms with Crippen LogP contribution in [0.15, 0.2) is 103 Å². The van der Waals surface area contributed by atoms with Crippen LogP contribution in [0.2, 0.25) is 0 Å². The van der Waals surface area contributed by atoms with Gasteiger partial charge in [-0.15, -0.1) is 0 Å². The molecular weight excluding hydrogens is 566 g/mol. The molecule has 234 valence electrons. The summed E-state index contributed by atoms with van der Waals surface area (Å²) >= 11 is 0. The molecule has 4 N–H and O–H groups in total. The van der Waals surface area contributed by atoms with Crippen molar-refractivity contribution in [2.24, 2.45) is 0 Å². The second-order valence-electron chi connectivity index (χ2n) is 11.9. The normalized spacial score (nSPS) is 21.8. The van der Waals surface area contributed by atoms with Crippen molar-refractivity contribution >= 4 is 6.03 Å². The van der Waals surface area contributed by atoms with Gasteiger partial charge < -0.3 is 30.3 Å². The molecule has 2 heterocycles. The van der Waals surface area contributed by atoms with Gasteiger partial charge in [-0.1, -0.05) is 103 Å². The lowest BCUT2D eigenvalue weighted by atomic mass is 9.97. The fraction of sp³-hybridized carbons (Fsp3) is 0.324. The molecule has 45 heavy (non-hydrogen) atoms. The van der Waals surface area contributed by atoms with E-state index in [1.807, 2.05) is 84.9 Å². The molecule has 0 unspecified atom stereocenters. The van der Waals surface area contributed by atoms with Crippen LogP contribution in [0.4, 0.5) is 4.79 Å². The fourth-order valence-electron chi connectivity index (χ4n) is 6.09. The number of β-amino-alcohol motifs (C(OH)–C–C–N with tert-alkyl or cyclic N) is 1. The summed E-state index contributed by atoms with van der Waals surface area (Å²) in [4.78, 5) is 14.8. The van der Waals surface area contributed by atoms with Crippen LogP contribution in [0.25, 0.3) is 11.1 Å². The van der Waals surface area contributed by atoms with Gasteiger partial charge >= 0.3 is 6.03 Å². The largest absolute Gasteiger partial charge is 0.392 e. The van der Waals surface area contributed by atoms with E-state index < -0.39 is 6.29 Å². The number of hydrogen-bond acceptors (Lipinski definition) is 6. The lowest BCUT2D eigenvalue weighted by molar-refractivity contribution is -0.252. The third-order valence-electron chi connectivity index (χ3n) is 8.57. The summed E-state index contributed by atoms with van der Waals surface area (Å²) in [5.41, 5.74) is 7.00. The quantitative estimate of drug-likeness (QED) is 0.191. The average Bonchev–Trinajstić information content (AvgIpc) is 3.50. The number of ether oxygens (including phenoxy) is 2. The number of likely N-dealkylation sites (tertiary alicyclic amines) is 1. The first-order valence-electron chi connectivity index (χ1n) is 15.7. The summed E-state index contributed by atoms with van der Waals surface area (Å²) in [5.74, 6) is 0. The molecule has 2 aliphatic heterocycles. The number of rotatable bonds is 10. The maximum Gasteiger partial charge on any atom is 0.315 e. The van der Waals surface area contributed by atoms with Gasteiger partial charge in [-0.05, 0) is 39.8 Å². The minimum atomic E-state index is -0.543. The Hall–Kier alpha value is -4.05. The van der Waals surface area contributed by atoms with Crippen molar-refractivity contribution in [1.82, 2.24) is 15.5 Å². The summed E-state index contributed by atoms with van der Waals surface area (Å²) in [6.07, 6.45) is 0.452. The highest BCUT2D eigenvalue weighted by Crippen LogP contribution is 2.39. The van der Waals surface area contributed by atoms with Gasteiger partial charge in [0.2, 0.25) is 0 Å². The van der Waals surface area contributed by atoms with Gasteiger partial charge in [0.25, 0.3) is 0 Å². The number of nitrogens with zero attached hydrogens (tertiary/aromatic N) is 1. The molecule has 2 fully saturated rings. The smallest absolute Gasteiger partial charge is 0.315 e. The molecule has 8 heteroatoms. The lowest BCUT2D eigenvalue weighted by Crippen LogP contribution is -2.38. The maximum absolute atomic E-state index is 12.5. The minimum Gasteiger partial charge on any atom is -0.392 e. The predicted molar refractivity (Wildman–Crippen MR) is 173 cm³/mol. The van der Waals surface area contributed by atoms with Crippen LogP contribution in [-0.2, 0) is 29.2 Å². The van der Waals surface area contributed by atoms with Crippen molar-refractivity contribution in [2.75, 3.05) is 19.6 Å². The zero-order valence-corrected chi connectivity index (χ0v) is 25.3. The van der Waals surface area contributed by atoms with Crippen LogP contribution in [0.5, 0.6) is 0 Å². The van der Waals surface area contributed by atoms with Gasteiger partial charge in [-0.25, -0.2) is 4.79 Å². The third-order valence-corrected chi connectivity index (χ3v) is 8.57. The first-order valence-corrected chi connectivity index (χ1v) is 15.7. The first kappa shape index (κ1) is 31.0. The summed E-state index contributed by atoms with van der Waals surface area (Å²) in [6.45, 7) is 3.14. The lowest BCUT2D eigenvalue weighted by Gasteiger charge is -2.38. The van der Waals surface area contributed by atoms with Crippen molar-refractivity contribution in [2.45, 2.75) is 57.1 Å². The molecule has 0 bridgehead atoms. The van der Waals surface area contributed by atoms with Gasteiger partial charge in [0, 0.05) is 44.7 Å². The van der Waals surface area contributed by atoms with E-state index in [2.05, 4.69) is 33.7 Å². The molecule has 4 aromatic carbocycles. The van der Waals surface area contributed by atoms with Crippen LogP contribution < -0.4 is 10.6 Å². The van der Waals surface area contributed by atoms with Gasteiger partial charge in [-0.2, -0.15) is 0 Å². The molecule has 0 saturated carbocycles. The first-order chi connectivity index (χ1) is 22.0. The van der Waals surface area contributed by atoms with Crippen molar-refractivity contribution in [3.05, 3.63) is 131 Å². The summed E-state index contributed by atoms with van der Waals surface area (Å²) in [6, 6.07) is 33.8. The molecule has 2 amide bonds. The van der Waals surface area contributed by atoms with Gasteiger partial charge in [0.05, 0.1) is 24.9 Å². The SMILES string of the molecule is O=C(NCc1ccccc1)NCc1ccccc1-c1ccc([C@H]2O[C@@H](CN3CC[C@H](O)C3)C[C@@H](c3ccc(CO)cc3)O2)cc1. The Morgan fingerprint density at radius 1 is 0.800 bits per heavy atom. The Bertz CT molecular complexity index is 1530. The Balaban J connectivity index is 1.14. The summed E-state index contributed by atoms with van der Waals surface area (Å²) < 4.78 is 13.0. The number of benzene rings is 4. The number of urea groups is 1. The van der Waals surface area contributed by atoms with Crippen LogP contribution >= 0.6 is 0 Å². The van der Waals surface area contributed by atoms with Crippen molar-refractivity contribution in [1.29, 1.82) is 0 Å². The molecule has 0 radical (unpaired) electrons. The summed E-state index contributed by atoms with van der Waals surface area (Å²) in [5, 5.41) is 25.4. The van der Waals surface area contributed by atoms with E-state index in [4.69, 9.17) is 9.47 Å². The van der Waals surface area contributed by atoms with Crippen molar-refractivity contribution in [3.8, 4) is 11.1 Å². The monoisotopic (exact) mass is 607 g/mol. The third kappa shape index (κ3) is 8.16. The Labute approximate surface area is 264 Å². The molecule has 4 aromatic rings. The zero-order valence-electron chi connectivity index (χ0n) is 25.3. The number of carbonyl (C=O) groups excluding carboxylic acids is 1. The van der Waals surface area contributed by atoms with Crippen LogP contribution in [0, 0.1) is 0 Å². The van der Waals surface area contributed by atoms with Gasteiger partial charge in [-0.3, -0.25) is 4.90 Å². The van der Waals surface area contributed by atoms with Crippen molar-refractivity contribution in [3.63, 3.8) is 0 Å². The highest BCUT2D eigenvalue weighted by molar-refractivity contribution is 5.75. The second kappa shape index (κ2) is 14.8. The predicted octanol–water partition coefficient (Wildman–Crippen LogP) is 5.46. The van der Waals surface area contributed by atoms with Crippen LogP contribution in [0.3, 0.4) is 0 Å². The minimum absolute atomic E-state index is 0.00441. The molecule has 6 rings (SSSR count). The topological polar surface area (TPSA) is 103 Å². The van der Waals surface area contributed by atoms with E-state index >= 15 is 0 Å². The molecule has 0 aliphatic carbocycles. The number of nitrogens with one attached hydrogen (secondary N) is 2. The summed E-state index contributed by atoms with van der Waals surface area (Å²) in [7, 11) is 0. The van der Waals surface area contributed by atoms with E-state index in [0.29, 0.717) is 26.1 Å². The molecule has 2 aliphatic rings. The number of aliphatic hydroxyl groups excluding tert-OH is 2. The zero-order chi connectivity index (χ0) is 31.0. The number of hydrogen-bond donors (Lipinski definition) is 4. The van der Waals surface area contributed by atoms with Crippen LogP contribution in [0.1, 0.15) is 53.1 Å². The highest BCUT2D eigenvalue weighted by atomic mass is 16.7. The van der Waals surface area contributed by atoms with Crippen LogP contribution in [-0.4, -0.2) is 53.0 Å². The Morgan fingerprint density at radius 2 is 1.51 bits per heavy atom. The van der Waals surface area contributed by atoms with E-state index in [0.717, 1.165) is 58.5 Å². The molecule has 8 nitrogen and oxygen atoms in total. The van der Waals surface area contributed by atoms with Gasteiger partial charge in [0.1, 0.15) is 0 Å². The van der Waals surface area contributed by atoms with E-state index in [-0.39, 0.29) is 30.9 Å². The Kier molecular flexibility index (Phi) is 10.2. The standard InChI is InChI=1S/C37H41N3O5/c41-25-27-10-12-29(13-11-27)35-20-33(24-40-19-18-32(42)23-40)44-36(45-35)30-16-14-28(15-17-30)34-9-5-4-8-31(34)22-39-37(43)38-21-26-6-2-1-3-7-26/h1-17,32-33,35-36,41-42H,18-25H2,(H2,38,39,43)/t32-,33+,35-,36-/m0/s1. The molecule has 4 atom stereocenters. The van der Waals surface area contributed by atoms with Crippen molar-refractivity contribution < 1.29 is 24.5 Å². The van der Waals surface area contributed by atoms with E-state index in [9.17, 15) is 15.0 Å². The second-order valence-corrected chi connectivity index (χ2v) is 11.9. The number of carbonyl (C=O) groups is 1. The number of amides is 2. The average molecular weight is 608 g/mol. The molecule has 2 saturated heterocycles. The van der Waals surface area contributed by atoms with E-state index in [1.54, 1.807) is 0 Å². The fourth-order valence-corrected chi connectivity index (χ4v) is 6.09. The van der Waals surface area contributed by atoms with E-state index in [1.165, 1.54) is 0 Å². The Morgan fingerprint density at radius 3 is 2.24 bits per heavy atom. The number of aliphatic hydroxyl groups is 2. The van der Waals surface area contributed by atoms with Gasteiger partial charge in [0.15, 0.2) is 6.29 Å². The molecular formula is C37H41N3O5.